The average molecular weight is 471 g/mol. The quantitative estimate of drug-likeness (QED) is 0.129. The minimum atomic E-state index is -0.457. The van der Waals surface area contributed by atoms with Gasteiger partial charge in [-0.2, -0.15) is 0 Å². The average Bonchev–Trinajstić information content (AvgIpc) is 2.79. The number of rotatable bonds is 14. The van der Waals surface area contributed by atoms with Gasteiger partial charge in [0.2, 0.25) is 5.75 Å². The largest absolute Gasteiger partial charge is 0.485 e. The number of aromatic nitrogens is 1. The summed E-state index contributed by atoms with van der Waals surface area (Å²) in [5.41, 5.74) is 2.57. The maximum absolute atomic E-state index is 13.3. The van der Waals surface area contributed by atoms with Gasteiger partial charge in [0.1, 0.15) is 6.61 Å². The third-order valence-corrected chi connectivity index (χ3v) is 5.68. The molecule has 1 aromatic carbocycles. The van der Waals surface area contributed by atoms with Crippen molar-refractivity contribution in [3.63, 3.8) is 0 Å². The number of ether oxygens (including phenoxy) is 2. The molecule has 0 radical (unpaired) electrons. The third kappa shape index (κ3) is 7.47. The number of benzene rings is 1. The fourth-order valence-electron chi connectivity index (χ4n) is 3.75. The van der Waals surface area contributed by atoms with Crippen molar-refractivity contribution in [3.8, 4) is 11.5 Å². The summed E-state index contributed by atoms with van der Waals surface area (Å²) in [6.07, 6.45) is 10.2. The van der Waals surface area contributed by atoms with Crippen LogP contribution in [-0.2, 0) is 6.54 Å². The van der Waals surface area contributed by atoms with E-state index in [1.165, 1.54) is 27.8 Å². The highest BCUT2D eigenvalue weighted by molar-refractivity contribution is 5.89. The first-order chi connectivity index (χ1) is 16.3. The van der Waals surface area contributed by atoms with Gasteiger partial charge in [-0.05, 0) is 59.1 Å². The van der Waals surface area contributed by atoms with E-state index in [-0.39, 0.29) is 23.6 Å². The zero-order valence-electron chi connectivity index (χ0n) is 21.2. The van der Waals surface area contributed by atoms with Gasteiger partial charge < -0.3 is 14.0 Å². The van der Waals surface area contributed by atoms with Crippen LogP contribution in [-0.4, -0.2) is 22.7 Å². The summed E-state index contributed by atoms with van der Waals surface area (Å²) in [6, 6.07) is 4.51. The number of hydrogen-bond acceptors (Lipinski definition) is 5. The van der Waals surface area contributed by atoms with E-state index in [1.807, 2.05) is 13.0 Å². The molecule has 0 amide bonds. The van der Waals surface area contributed by atoms with E-state index in [9.17, 15) is 14.9 Å². The number of nitro benzene ring substituents is 1. The van der Waals surface area contributed by atoms with Crippen LogP contribution in [0.15, 0.2) is 46.3 Å². The van der Waals surface area contributed by atoms with Crippen molar-refractivity contribution in [2.24, 2.45) is 0 Å². The Morgan fingerprint density at radius 3 is 2.47 bits per heavy atom. The number of fused-ring (bicyclic) bond motifs is 1. The molecule has 1 heterocycles. The second-order valence-electron chi connectivity index (χ2n) is 8.76. The molecule has 0 atom stereocenters. The molecule has 0 aliphatic carbocycles. The van der Waals surface area contributed by atoms with Gasteiger partial charge in [0.05, 0.1) is 17.0 Å². The fraction of sp³-hybridized carbons (Fsp3) is 0.519. The van der Waals surface area contributed by atoms with Crippen molar-refractivity contribution in [1.29, 1.82) is 0 Å². The standard InChI is InChI=1S/C27H38N2O5/c1-6-8-9-10-17-33-26-25(34-18-16-21(5)13-11-12-20(3)4)23-15-14-22(29(31)32)19-24(23)28(7-2)27(26)30/h12,14-16,19H,6-11,13,17-18H2,1-5H3/b21-16+. The van der Waals surface area contributed by atoms with Crippen molar-refractivity contribution >= 4 is 16.6 Å². The van der Waals surface area contributed by atoms with Crippen LogP contribution in [0.3, 0.4) is 0 Å². The van der Waals surface area contributed by atoms with E-state index in [0.717, 1.165) is 38.5 Å². The zero-order chi connectivity index (χ0) is 25.1. The summed E-state index contributed by atoms with van der Waals surface area (Å²) in [6.45, 7) is 11.3. The summed E-state index contributed by atoms with van der Waals surface area (Å²) in [5.74, 6) is 0.527. The SMILES string of the molecule is CCCCCCOc1c(OC/C=C(\C)CCC=C(C)C)c2ccc([N+](=O)[O-])cc2n(CC)c1=O. The Kier molecular flexibility index (Phi) is 10.8. The topological polar surface area (TPSA) is 83.6 Å². The molecule has 2 aromatic rings. The molecule has 0 fully saturated rings. The van der Waals surface area contributed by atoms with Crippen LogP contribution in [0.2, 0.25) is 0 Å². The highest BCUT2D eigenvalue weighted by atomic mass is 16.6. The van der Waals surface area contributed by atoms with E-state index in [1.54, 1.807) is 6.07 Å². The molecule has 0 aliphatic heterocycles. The minimum Gasteiger partial charge on any atom is -0.485 e. The smallest absolute Gasteiger partial charge is 0.297 e. The van der Waals surface area contributed by atoms with Crippen molar-refractivity contribution in [1.82, 2.24) is 4.57 Å². The lowest BCUT2D eigenvalue weighted by Crippen LogP contribution is -2.23. The van der Waals surface area contributed by atoms with Crippen LogP contribution < -0.4 is 15.0 Å². The summed E-state index contributed by atoms with van der Waals surface area (Å²) >= 11 is 0. The third-order valence-electron chi connectivity index (χ3n) is 5.68. The van der Waals surface area contributed by atoms with Crippen LogP contribution in [0.25, 0.3) is 10.9 Å². The molecule has 7 heteroatoms. The van der Waals surface area contributed by atoms with Crippen LogP contribution in [0, 0.1) is 10.1 Å². The van der Waals surface area contributed by atoms with Crippen LogP contribution in [0.1, 0.15) is 73.1 Å². The number of nitrogens with zero attached hydrogens (tertiary/aromatic N) is 2. The first kappa shape index (κ1) is 27.2. The number of aryl methyl sites for hydroxylation is 1. The second-order valence-corrected chi connectivity index (χ2v) is 8.76. The molecule has 0 saturated carbocycles. The fourth-order valence-corrected chi connectivity index (χ4v) is 3.75. The van der Waals surface area contributed by atoms with E-state index >= 15 is 0 Å². The van der Waals surface area contributed by atoms with E-state index < -0.39 is 4.92 Å². The molecule has 0 spiro atoms. The molecule has 0 aliphatic rings. The predicted octanol–water partition coefficient (Wildman–Crippen LogP) is 6.96. The molecule has 1 aromatic heterocycles. The maximum Gasteiger partial charge on any atom is 0.297 e. The van der Waals surface area contributed by atoms with Gasteiger partial charge in [-0.15, -0.1) is 0 Å². The molecule has 7 nitrogen and oxygen atoms in total. The Bertz CT molecular complexity index is 1090. The maximum atomic E-state index is 13.3. The number of hydrogen-bond donors (Lipinski definition) is 0. The minimum absolute atomic E-state index is 0.0664. The summed E-state index contributed by atoms with van der Waals surface area (Å²) in [5, 5.41) is 12.0. The summed E-state index contributed by atoms with van der Waals surface area (Å²) < 4.78 is 13.6. The number of nitro groups is 1. The van der Waals surface area contributed by atoms with Crippen LogP contribution in [0.4, 0.5) is 5.69 Å². The van der Waals surface area contributed by atoms with Crippen LogP contribution >= 0.6 is 0 Å². The van der Waals surface area contributed by atoms with Gasteiger partial charge in [-0.25, -0.2) is 0 Å². The van der Waals surface area contributed by atoms with Gasteiger partial charge in [0.25, 0.3) is 11.2 Å². The van der Waals surface area contributed by atoms with Crippen molar-refractivity contribution in [3.05, 3.63) is 62.0 Å². The molecular weight excluding hydrogens is 432 g/mol. The zero-order valence-corrected chi connectivity index (χ0v) is 21.2. The monoisotopic (exact) mass is 470 g/mol. The Morgan fingerprint density at radius 2 is 1.82 bits per heavy atom. The van der Waals surface area contributed by atoms with Gasteiger partial charge in [0.15, 0.2) is 5.75 Å². The summed E-state index contributed by atoms with van der Waals surface area (Å²) in [7, 11) is 0. The Morgan fingerprint density at radius 1 is 1.06 bits per heavy atom. The predicted molar refractivity (Wildman–Crippen MR) is 138 cm³/mol. The van der Waals surface area contributed by atoms with Crippen molar-refractivity contribution in [2.45, 2.75) is 79.7 Å². The number of allylic oxidation sites excluding steroid dienone is 3. The molecule has 0 saturated heterocycles. The molecule has 0 unspecified atom stereocenters. The molecule has 0 bridgehead atoms. The molecular formula is C27H38N2O5. The van der Waals surface area contributed by atoms with E-state index in [0.29, 0.717) is 29.8 Å². The first-order valence-corrected chi connectivity index (χ1v) is 12.2. The normalized spacial score (nSPS) is 11.5. The molecule has 2 rings (SSSR count). The number of unbranched alkanes of at least 4 members (excludes halogenated alkanes) is 3. The number of pyridine rings is 1. The Labute approximate surface area is 202 Å². The lowest BCUT2D eigenvalue weighted by Gasteiger charge is -2.17. The highest BCUT2D eigenvalue weighted by Crippen LogP contribution is 2.35. The van der Waals surface area contributed by atoms with E-state index in [4.69, 9.17) is 9.47 Å². The van der Waals surface area contributed by atoms with Gasteiger partial charge in [-0.3, -0.25) is 14.9 Å². The molecule has 34 heavy (non-hydrogen) atoms. The summed E-state index contributed by atoms with van der Waals surface area (Å²) in [4.78, 5) is 24.2. The van der Waals surface area contributed by atoms with Crippen LogP contribution in [0.5, 0.6) is 11.5 Å². The van der Waals surface area contributed by atoms with Crippen molar-refractivity contribution in [2.75, 3.05) is 13.2 Å². The lowest BCUT2D eigenvalue weighted by molar-refractivity contribution is -0.384. The second kappa shape index (κ2) is 13.6. The Hall–Kier alpha value is -3.09. The lowest BCUT2D eigenvalue weighted by atomic mass is 10.1. The van der Waals surface area contributed by atoms with E-state index in [2.05, 4.69) is 33.8 Å². The molecule has 0 N–H and O–H groups in total. The Balaban J connectivity index is 2.42. The number of non-ortho nitro benzene ring substituents is 1. The molecule has 186 valence electrons. The van der Waals surface area contributed by atoms with Gasteiger partial charge in [0, 0.05) is 24.1 Å². The van der Waals surface area contributed by atoms with Gasteiger partial charge >= 0.3 is 0 Å². The highest BCUT2D eigenvalue weighted by Gasteiger charge is 2.21. The van der Waals surface area contributed by atoms with Crippen molar-refractivity contribution < 1.29 is 14.4 Å². The van der Waals surface area contributed by atoms with Gasteiger partial charge in [-0.1, -0.05) is 43.4 Å². The first-order valence-electron chi connectivity index (χ1n) is 12.2.